The second-order valence-corrected chi connectivity index (χ2v) is 2.88. The molecule has 66 valence electrons. The second kappa shape index (κ2) is 3.04. The number of hydrogen-bond acceptors (Lipinski definition) is 5. The van der Waals surface area contributed by atoms with E-state index in [-0.39, 0.29) is 13.2 Å². The smallest absolute Gasteiger partial charge is 0.127 e. The van der Waals surface area contributed by atoms with Crippen molar-refractivity contribution in [3.8, 4) is 0 Å². The number of rotatable bonds is 2. The van der Waals surface area contributed by atoms with Gasteiger partial charge in [0.1, 0.15) is 11.7 Å². The third kappa shape index (κ3) is 1.38. The Kier molecular flexibility index (Phi) is 2.46. The SMILES string of the molecule is OC[C@H]1NC[C@@](O)(CO)[C@@H]1O. The Bertz CT molecular complexity index is 143. The van der Waals surface area contributed by atoms with Crippen molar-refractivity contribution in [1.29, 1.82) is 0 Å². The van der Waals surface area contributed by atoms with Crippen molar-refractivity contribution in [2.45, 2.75) is 17.7 Å². The van der Waals surface area contributed by atoms with Crippen molar-refractivity contribution in [2.75, 3.05) is 19.8 Å². The number of aliphatic hydroxyl groups is 4. The fraction of sp³-hybridized carbons (Fsp3) is 1.00. The number of nitrogens with one attached hydrogen (secondary N) is 1. The van der Waals surface area contributed by atoms with E-state index in [0.29, 0.717) is 0 Å². The van der Waals surface area contributed by atoms with Gasteiger partial charge in [0, 0.05) is 6.54 Å². The average Bonchev–Trinajstić information content (AvgIpc) is 2.31. The molecule has 1 rings (SSSR count). The summed E-state index contributed by atoms with van der Waals surface area (Å²) in [4.78, 5) is 0. The largest absolute Gasteiger partial charge is 0.395 e. The first-order valence-electron chi connectivity index (χ1n) is 3.49. The van der Waals surface area contributed by atoms with Crippen molar-refractivity contribution in [3.63, 3.8) is 0 Å². The molecule has 0 aromatic heterocycles. The first-order valence-corrected chi connectivity index (χ1v) is 3.49. The van der Waals surface area contributed by atoms with Crippen molar-refractivity contribution >= 4 is 0 Å². The molecule has 5 nitrogen and oxygen atoms in total. The van der Waals surface area contributed by atoms with Gasteiger partial charge < -0.3 is 25.7 Å². The zero-order valence-electron chi connectivity index (χ0n) is 6.06. The predicted octanol–water partition coefficient (Wildman–Crippen LogP) is -2.97. The van der Waals surface area contributed by atoms with E-state index >= 15 is 0 Å². The summed E-state index contributed by atoms with van der Waals surface area (Å²) in [6.07, 6.45) is -1.10. The van der Waals surface area contributed by atoms with E-state index in [1.165, 1.54) is 0 Å². The molecule has 11 heavy (non-hydrogen) atoms. The lowest BCUT2D eigenvalue weighted by Crippen LogP contribution is -2.47. The minimum atomic E-state index is -1.49. The van der Waals surface area contributed by atoms with E-state index < -0.39 is 24.4 Å². The van der Waals surface area contributed by atoms with E-state index in [0.717, 1.165) is 0 Å². The van der Waals surface area contributed by atoms with Gasteiger partial charge in [-0.05, 0) is 0 Å². The molecule has 3 atom stereocenters. The number of β-amino-alcohol motifs (C(OH)–C–C–N with tert-alkyl or cyclic N) is 1. The Morgan fingerprint density at radius 2 is 2.09 bits per heavy atom. The molecule has 0 spiro atoms. The summed E-state index contributed by atoms with van der Waals surface area (Å²) in [5.41, 5.74) is -1.49. The molecule has 0 aromatic carbocycles. The fourth-order valence-corrected chi connectivity index (χ4v) is 1.21. The summed E-state index contributed by atoms with van der Waals surface area (Å²) in [6.45, 7) is -0.642. The maximum absolute atomic E-state index is 9.40. The molecule has 1 saturated heterocycles. The molecule has 0 bridgehead atoms. The maximum atomic E-state index is 9.40. The van der Waals surface area contributed by atoms with Crippen LogP contribution in [0.25, 0.3) is 0 Å². The van der Waals surface area contributed by atoms with E-state index in [2.05, 4.69) is 5.32 Å². The minimum absolute atomic E-state index is 0.107. The molecule has 5 heteroatoms. The zero-order chi connectivity index (χ0) is 8.48. The van der Waals surface area contributed by atoms with Gasteiger partial charge in [-0.15, -0.1) is 0 Å². The highest BCUT2D eigenvalue weighted by Gasteiger charge is 2.45. The van der Waals surface area contributed by atoms with Crippen LogP contribution in [0.15, 0.2) is 0 Å². The van der Waals surface area contributed by atoms with Crippen LogP contribution >= 0.6 is 0 Å². The summed E-state index contributed by atoms with van der Waals surface area (Å²) < 4.78 is 0. The van der Waals surface area contributed by atoms with Gasteiger partial charge in [0.05, 0.1) is 19.3 Å². The van der Waals surface area contributed by atoms with Crippen LogP contribution in [-0.4, -0.2) is 57.9 Å². The average molecular weight is 163 g/mol. The number of hydrogen-bond donors (Lipinski definition) is 5. The standard InChI is InChI=1S/C6H13NO4/c8-1-4-5(10)6(11,3-9)2-7-4/h4-5,7-11H,1-3H2/t4-,5-,6-/m1/s1. The van der Waals surface area contributed by atoms with Gasteiger partial charge in [-0.3, -0.25) is 0 Å². The van der Waals surface area contributed by atoms with Crippen LogP contribution < -0.4 is 5.32 Å². The van der Waals surface area contributed by atoms with Gasteiger partial charge in [-0.2, -0.15) is 0 Å². The summed E-state index contributed by atoms with van der Waals surface area (Å²) >= 11 is 0. The number of aliphatic hydroxyl groups excluding tert-OH is 3. The molecule has 1 fully saturated rings. The van der Waals surface area contributed by atoms with Crippen molar-refractivity contribution in [1.82, 2.24) is 5.32 Å². The quantitative estimate of drug-likeness (QED) is 0.300. The third-order valence-electron chi connectivity index (χ3n) is 2.07. The Hall–Kier alpha value is -0.200. The highest BCUT2D eigenvalue weighted by atomic mass is 16.4. The monoisotopic (exact) mass is 163 g/mol. The molecule has 0 saturated carbocycles. The van der Waals surface area contributed by atoms with Crippen LogP contribution in [0.4, 0.5) is 0 Å². The molecule has 5 N–H and O–H groups in total. The third-order valence-corrected chi connectivity index (χ3v) is 2.07. The summed E-state index contributed by atoms with van der Waals surface area (Å²) in [5.74, 6) is 0. The molecule has 0 radical (unpaired) electrons. The molecule has 0 unspecified atom stereocenters. The lowest BCUT2D eigenvalue weighted by Gasteiger charge is -2.24. The molecule has 0 amide bonds. The van der Waals surface area contributed by atoms with E-state index in [9.17, 15) is 10.2 Å². The predicted molar refractivity (Wildman–Crippen MR) is 36.9 cm³/mol. The molecular formula is C6H13NO4. The fourth-order valence-electron chi connectivity index (χ4n) is 1.21. The lowest BCUT2D eigenvalue weighted by molar-refractivity contribution is -0.0842. The summed E-state index contributed by atoms with van der Waals surface area (Å²) in [6, 6.07) is -0.535. The van der Waals surface area contributed by atoms with Crippen LogP contribution in [0.5, 0.6) is 0 Å². The van der Waals surface area contributed by atoms with Crippen molar-refractivity contribution < 1.29 is 20.4 Å². The Morgan fingerprint density at radius 1 is 1.45 bits per heavy atom. The van der Waals surface area contributed by atoms with Crippen LogP contribution in [-0.2, 0) is 0 Å². The minimum Gasteiger partial charge on any atom is -0.395 e. The van der Waals surface area contributed by atoms with Crippen molar-refractivity contribution in [2.24, 2.45) is 0 Å². The summed E-state index contributed by atoms with van der Waals surface area (Å²) in [7, 11) is 0. The van der Waals surface area contributed by atoms with Gasteiger partial charge in [-0.1, -0.05) is 0 Å². The Morgan fingerprint density at radius 3 is 2.36 bits per heavy atom. The van der Waals surface area contributed by atoms with Gasteiger partial charge in [0.2, 0.25) is 0 Å². The van der Waals surface area contributed by atoms with E-state index in [1.54, 1.807) is 0 Å². The van der Waals surface area contributed by atoms with Crippen LogP contribution in [0, 0.1) is 0 Å². The van der Waals surface area contributed by atoms with Gasteiger partial charge in [-0.25, -0.2) is 0 Å². The van der Waals surface area contributed by atoms with Crippen LogP contribution in [0.1, 0.15) is 0 Å². The first-order chi connectivity index (χ1) is 5.14. The van der Waals surface area contributed by atoms with Crippen LogP contribution in [0.2, 0.25) is 0 Å². The van der Waals surface area contributed by atoms with Gasteiger partial charge in [0.25, 0.3) is 0 Å². The zero-order valence-corrected chi connectivity index (χ0v) is 6.06. The Balaban J connectivity index is 2.61. The molecule has 0 aliphatic carbocycles. The van der Waals surface area contributed by atoms with Crippen LogP contribution in [0.3, 0.4) is 0 Å². The summed E-state index contributed by atoms with van der Waals surface area (Å²) in [5, 5.41) is 38.7. The Labute approximate surface area is 64.3 Å². The maximum Gasteiger partial charge on any atom is 0.127 e. The molecule has 1 aliphatic rings. The van der Waals surface area contributed by atoms with E-state index in [4.69, 9.17) is 10.2 Å². The normalized spacial score (nSPS) is 44.7. The van der Waals surface area contributed by atoms with Gasteiger partial charge >= 0.3 is 0 Å². The topological polar surface area (TPSA) is 93.0 Å². The molecular weight excluding hydrogens is 150 g/mol. The van der Waals surface area contributed by atoms with E-state index in [1.807, 2.05) is 0 Å². The second-order valence-electron chi connectivity index (χ2n) is 2.88. The lowest BCUT2D eigenvalue weighted by atomic mass is 9.98. The first kappa shape index (κ1) is 8.89. The molecule has 1 aliphatic heterocycles. The molecule has 0 aromatic rings. The molecule has 1 heterocycles. The van der Waals surface area contributed by atoms with Gasteiger partial charge in [0.15, 0.2) is 0 Å². The highest BCUT2D eigenvalue weighted by Crippen LogP contribution is 2.18. The van der Waals surface area contributed by atoms with Crippen molar-refractivity contribution in [3.05, 3.63) is 0 Å². The highest BCUT2D eigenvalue weighted by molar-refractivity contribution is 5.01.